The van der Waals surface area contributed by atoms with E-state index < -0.39 is 0 Å². The zero-order valence-corrected chi connectivity index (χ0v) is 16.8. The molecule has 0 unspecified atom stereocenters. The number of anilines is 3. The Morgan fingerprint density at radius 2 is 1.52 bits per heavy atom. The molecule has 0 amide bonds. The first-order valence-corrected chi connectivity index (χ1v) is 10.00. The van der Waals surface area contributed by atoms with Gasteiger partial charge in [-0.2, -0.15) is 5.10 Å². The highest BCUT2D eigenvalue weighted by molar-refractivity contribution is 5.87. The molecule has 5 rings (SSSR count). The summed E-state index contributed by atoms with van der Waals surface area (Å²) in [6.07, 6.45) is 3.52. The van der Waals surface area contributed by atoms with Crippen molar-refractivity contribution in [2.45, 2.75) is 6.92 Å². The van der Waals surface area contributed by atoms with Crippen molar-refractivity contribution in [3.05, 3.63) is 24.4 Å². The summed E-state index contributed by atoms with van der Waals surface area (Å²) in [5.41, 5.74) is 0.876. The van der Waals surface area contributed by atoms with Gasteiger partial charge in [0, 0.05) is 52.4 Å². The summed E-state index contributed by atoms with van der Waals surface area (Å²) >= 11 is 0. The van der Waals surface area contributed by atoms with Crippen LogP contribution in [0.15, 0.2) is 18.6 Å². The molecule has 2 aliphatic rings. The van der Waals surface area contributed by atoms with Crippen molar-refractivity contribution in [3.63, 3.8) is 0 Å². The summed E-state index contributed by atoms with van der Waals surface area (Å²) in [5.74, 6) is 3.69. The van der Waals surface area contributed by atoms with Gasteiger partial charge < -0.3 is 19.4 Å². The van der Waals surface area contributed by atoms with E-state index in [1.807, 2.05) is 20.2 Å². The number of aromatic nitrogens is 6. The van der Waals surface area contributed by atoms with Crippen molar-refractivity contribution in [2.75, 3.05) is 67.2 Å². The van der Waals surface area contributed by atoms with Crippen molar-refractivity contribution in [2.24, 2.45) is 7.05 Å². The van der Waals surface area contributed by atoms with E-state index >= 15 is 0 Å². The number of fused-ring (bicyclic) bond motifs is 1. The molecule has 0 N–H and O–H groups in total. The molecule has 29 heavy (non-hydrogen) atoms. The Bertz CT molecular complexity index is 1010. The zero-order valence-electron chi connectivity index (χ0n) is 16.8. The largest absolute Gasteiger partial charge is 0.378 e. The van der Waals surface area contributed by atoms with E-state index in [1.165, 1.54) is 0 Å². The van der Waals surface area contributed by atoms with E-state index in [1.54, 1.807) is 11.0 Å². The molecule has 0 saturated carbocycles. The summed E-state index contributed by atoms with van der Waals surface area (Å²) in [5, 5.41) is 5.36. The number of hydrogen-bond acceptors (Lipinski definition) is 9. The van der Waals surface area contributed by atoms with Gasteiger partial charge in [0.2, 0.25) is 0 Å². The van der Waals surface area contributed by atoms with Gasteiger partial charge in [-0.05, 0) is 6.92 Å². The number of morpholine rings is 1. The minimum atomic E-state index is 0.749. The molecule has 2 aliphatic heterocycles. The number of aryl methyl sites for hydroxylation is 2. The molecule has 0 radical (unpaired) electrons. The second kappa shape index (κ2) is 7.43. The van der Waals surface area contributed by atoms with Crippen molar-refractivity contribution in [1.82, 2.24) is 29.7 Å². The van der Waals surface area contributed by atoms with Gasteiger partial charge in [-0.1, -0.05) is 0 Å². The molecule has 5 heterocycles. The molecule has 10 heteroatoms. The quantitative estimate of drug-likeness (QED) is 0.633. The average Bonchev–Trinajstić information content (AvgIpc) is 3.14. The highest BCUT2D eigenvalue weighted by atomic mass is 16.5. The van der Waals surface area contributed by atoms with E-state index in [0.717, 1.165) is 86.8 Å². The Balaban J connectivity index is 1.32. The molecule has 2 fully saturated rings. The summed E-state index contributed by atoms with van der Waals surface area (Å²) in [4.78, 5) is 25.1. The number of rotatable bonds is 3. The van der Waals surface area contributed by atoms with E-state index in [2.05, 4.69) is 40.8 Å². The van der Waals surface area contributed by atoms with Crippen LogP contribution in [0, 0.1) is 6.92 Å². The highest BCUT2D eigenvalue weighted by Crippen LogP contribution is 2.26. The van der Waals surface area contributed by atoms with Crippen LogP contribution in [0.4, 0.5) is 17.5 Å². The predicted molar refractivity (Wildman–Crippen MR) is 111 cm³/mol. The molecule has 0 spiro atoms. The Morgan fingerprint density at radius 1 is 0.862 bits per heavy atom. The number of ether oxygens (including phenoxy) is 1. The monoisotopic (exact) mass is 395 g/mol. The minimum absolute atomic E-state index is 0.749. The van der Waals surface area contributed by atoms with Gasteiger partial charge in [-0.15, -0.1) is 0 Å². The fraction of sp³-hybridized carbons (Fsp3) is 0.526. The molecule has 0 bridgehead atoms. The minimum Gasteiger partial charge on any atom is -0.378 e. The third-order valence-electron chi connectivity index (χ3n) is 5.56. The van der Waals surface area contributed by atoms with Gasteiger partial charge in [0.15, 0.2) is 5.65 Å². The number of hydrogen-bond donors (Lipinski definition) is 0. The molecule has 2 saturated heterocycles. The fourth-order valence-electron chi connectivity index (χ4n) is 3.98. The maximum absolute atomic E-state index is 5.44. The van der Waals surface area contributed by atoms with E-state index in [0.29, 0.717) is 0 Å². The van der Waals surface area contributed by atoms with E-state index in [9.17, 15) is 0 Å². The molecular formula is C19H25N9O. The van der Waals surface area contributed by atoms with E-state index in [-0.39, 0.29) is 0 Å². The van der Waals surface area contributed by atoms with Crippen molar-refractivity contribution >= 4 is 28.5 Å². The van der Waals surface area contributed by atoms with Crippen molar-refractivity contribution < 1.29 is 4.74 Å². The van der Waals surface area contributed by atoms with Gasteiger partial charge in [0.05, 0.1) is 24.8 Å². The molecule has 3 aromatic rings. The van der Waals surface area contributed by atoms with Crippen LogP contribution in [0.3, 0.4) is 0 Å². The summed E-state index contributed by atoms with van der Waals surface area (Å²) in [6.45, 7) is 8.68. The van der Waals surface area contributed by atoms with E-state index in [4.69, 9.17) is 9.72 Å². The molecule has 0 aromatic carbocycles. The molecular weight excluding hydrogens is 370 g/mol. The normalized spacial score (nSPS) is 17.9. The van der Waals surface area contributed by atoms with Crippen molar-refractivity contribution in [3.8, 4) is 0 Å². The Hall–Kier alpha value is -3.01. The smallest absolute Gasteiger partial charge is 0.163 e. The number of nitrogens with zero attached hydrogens (tertiary/aromatic N) is 9. The van der Waals surface area contributed by atoms with Crippen LogP contribution in [-0.4, -0.2) is 82.2 Å². The predicted octanol–water partition coefficient (Wildman–Crippen LogP) is 0.625. The lowest BCUT2D eigenvalue weighted by Crippen LogP contribution is -2.47. The Labute approximate surface area is 169 Å². The zero-order chi connectivity index (χ0) is 19.8. The van der Waals surface area contributed by atoms with Crippen LogP contribution < -0.4 is 14.7 Å². The maximum atomic E-state index is 5.44. The summed E-state index contributed by atoms with van der Waals surface area (Å²) in [7, 11) is 1.91. The fourth-order valence-corrected chi connectivity index (χ4v) is 3.98. The van der Waals surface area contributed by atoms with Crippen molar-refractivity contribution in [1.29, 1.82) is 0 Å². The highest BCUT2D eigenvalue weighted by Gasteiger charge is 2.23. The first-order chi connectivity index (χ1) is 14.2. The van der Waals surface area contributed by atoms with Crippen LogP contribution in [0.1, 0.15) is 5.82 Å². The van der Waals surface area contributed by atoms with Gasteiger partial charge in [0.1, 0.15) is 29.6 Å². The summed E-state index contributed by atoms with van der Waals surface area (Å²) < 4.78 is 7.25. The van der Waals surface area contributed by atoms with Crippen LogP contribution >= 0.6 is 0 Å². The van der Waals surface area contributed by atoms with Gasteiger partial charge in [-0.3, -0.25) is 4.68 Å². The Kier molecular flexibility index (Phi) is 4.62. The molecule has 152 valence electrons. The molecule has 0 aliphatic carbocycles. The van der Waals surface area contributed by atoms with Crippen LogP contribution in [0.2, 0.25) is 0 Å². The van der Waals surface area contributed by atoms with Gasteiger partial charge >= 0.3 is 0 Å². The topological polar surface area (TPSA) is 88.3 Å². The lowest BCUT2D eigenvalue weighted by molar-refractivity contribution is 0.122. The number of piperazine rings is 1. The SMILES string of the molecule is Cc1nc(N2CCN(c3cc(N4CCOCC4)ncn3)CC2)c2cnn(C)c2n1. The first kappa shape index (κ1) is 18.0. The second-order valence-corrected chi connectivity index (χ2v) is 7.41. The molecule has 3 aromatic heterocycles. The van der Waals surface area contributed by atoms with Crippen LogP contribution in [-0.2, 0) is 11.8 Å². The lowest BCUT2D eigenvalue weighted by atomic mass is 10.2. The average molecular weight is 395 g/mol. The lowest BCUT2D eigenvalue weighted by Gasteiger charge is -2.36. The summed E-state index contributed by atoms with van der Waals surface area (Å²) in [6, 6.07) is 2.09. The van der Waals surface area contributed by atoms with Gasteiger partial charge in [-0.25, -0.2) is 19.9 Å². The maximum Gasteiger partial charge on any atom is 0.163 e. The molecule has 0 atom stereocenters. The third-order valence-corrected chi connectivity index (χ3v) is 5.56. The van der Waals surface area contributed by atoms with Crippen LogP contribution in [0.25, 0.3) is 11.0 Å². The first-order valence-electron chi connectivity index (χ1n) is 10.00. The standard InChI is InChI=1S/C19H25N9O/c1-14-23-18-15(12-22-25(18)2)19(24-14)28-5-3-26(4-6-28)16-11-17(21-13-20-16)27-7-9-29-10-8-27/h11-13H,3-10H2,1-2H3. The second-order valence-electron chi connectivity index (χ2n) is 7.41. The van der Waals surface area contributed by atoms with Crippen LogP contribution in [0.5, 0.6) is 0 Å². The Morgan fingerprint density at radius 3 is 2.24 bits per heavy atom. The molecule has 10 nitrogen and oxygen atoms in total. The van der Waals surface area contributed by atoms with Gasteiger partial charge in [0.25, 0.3) is 0 Å². The third kappa shape index (κ3) is 3.44.